The molecule has 180 valence electrons. The van der Waals surface area contributed by atoms with Crippen molar-refractivity contribution in [2.75, 3.05) is 0 Å². The zero-order chi connectivity index (χ0) is 26.3. The molecule has 3 heterocycles. The van der Waals surface area contributed by atoms with E-state index in [2.05, 4.69) is 87.3 Å². The molecule has 7 rings (SSSR count). The molecular formula is C34H19N5. The number of benzene rings is 4. The first kappa shape index (κ1) is 22.4. The second-order valence-corrected chi connectivity index (χ2v) is 9.35. The van der Waals surface area contributed by atoms with E-state index < -0.39 is 0 Å². The fourth-order valence-corrected chi connectivity index (χ4v) is 5.48. The van der Waals surface area contributed by atoms with Gasteiger partial charge in [0.25, 0.3) is 0 Å². The van der Waals surface area contributed by atoms with Crippen molar-refractivity contribution in [3.63, 3.8) is 0 Å². The fraction of sp³-hybridized carbons (Fsp3) is 0. The van der Waals surface area contributed by atoms with Gasteiger partial charge in [-0.1, -0.05) is 54.6 Å². The summed E-state index contributed by atoms with van der Waals surface area (Å²) in [6.07, 6.45) is 3.37. The predicted molar refractivity (Wildman–Crippen MR) is 154 cm³/mol. The summed E-state index contributed by atoms with van der Waals surface area (Å²) in [7, 11) is 0. The Kier molecular flexibility index (Phi) is 5.15. The van der Waals surface area contributed by atoms with Crippen molar-refractivity contribution < 1.29 is 0 Å². The van der Waals surface area contributed by atoms with E-state index >= 15 is 0 Å². The highest BCUT2D eigenvalue weighted by molar-refractivity contribution is 6.24. The summed E-state index contributed by atoms with van der Waals surface area (Å²) < 4.78 is 2.29. The van der Waals surface area contributed by atoms with Crippen molar-refractivity contribution in [1.82, 2.24) is 14.5 Å². The zero-order valence-electron chi connectivity index (χ0n) is 20.7. The third kappa shape index (κ3) is 3.62. The van der Waals surface area contributed by atoms with Gasteiger partial charge in [0, 0.05) is 28.9 Å². The molecular weight excluding hydrogens is 478 g/mol. The van der Waals surface area contributed by atoms with Crippen LogP contribution in [-0.4, -0.2) is 14.5 Å². The Labute approximate surface area is 224 Å². The molecule has 0 aliphatic rings. The molecule has 39 heavy (non-hydrogen) atoms. The standard InChI is InChI=1S/C34H19N5/c35-20-25-16-23(12-14-37-25)22-10-11-30-32(18-22)39(27-6-2-1-3-7-27)33-19-31(24-13-15-38-26(17-24)21-36)28-8-4-5-9-29(28)34(30)33/h1-19H. The molecule has 0 saturated heterocycles. The Bertz CT molecular complexity index is 2140. The van der Waals surface area contributed by atoms with Gasteiger partial charge in [0.1, 0.15) is 23.5 Å². The van der Waals surface area contributed by atoms with Crippen molar-refractivity contribution in [3.8, 4) is 40.1 Å². The van der Waals surface area contributed by atoms with Crippen molar-refractivity contribution in [1.29, 1.82) is 10.5 Å². The van der Waals surface area contributed by atoms with Crippen LogP contribution in [0.1, 0.15) is 11.4 Å². The number of rotatable bonds is 3. The Morgan fingerprint density at radius 3 is 1.92 bits per heavy atom. The molecule has 3 aromatic heterocycles. The smallest absolute Gasteiger partial charge is 0.141 e. The van der Waals surface area contributed by atoms with Crippen LogP contribution in [0.25, 0.3) is 60.5 Å². The Morgan fingerprint density at radius 1 is 0.538 bits per heavy atom. The highest BCUT2D eigenvalue weighted by Gasteiger charge is 2.19. The van der Waals surface area contributed by atoms with Gasteiger partial charge in [0.15, 0.2) is 0 Å². The van der Waals surface area contributed by atoms with E-state index in [-0.39, 0.29) is 0 Å². The van der Waals surface area contributed by atoms with E-state index in [1.165, 1.54) is 5.39 Å². The number of fused-ring (bicyclic) bond motifs is 5. The molecule has 0 atom stereocenters. The first-order valence-electron chi connectivity index (χ1n) is 12.5. The largest absolute Gasteiger partial charge is 0.309 e. The lowest BCUT2D eigenvalue weighted by atomic mass is 9.94. The van der Waals surface area contributed by atoms with E-state index in [0.717, 1.165) is 55.1 Å². The maximum Gasteiger partial charge on any atom is 0.141 e. The van der Waals surface area contributed by atoms with Gasteiger partial charge in [0.05, 0.1) is 11.0 Å². The molecule has 0 aliphatic heterocycles. The van der Waals surface area contributed by atoms with Crippen molar-refractivity contribution in [2.45, 2.75) is 0 Å². The summed E-state index contributed by atoms with van der Waals surface area (Å²) in [6, 6.07) is 39.3. The van der Waals surface area contributed by atoms with Crippen LogP contribution in [0.3, 0.4) is 0 Å². The van der Waals surface area contributed by atoms with Crippen molar-refractivity contribution >= 4 is 32.6 Å². The number of pyridine rings is 2. The lowest BCUT2D eigenvalue weighted by Crippen LogP contribution is -1.94. The van der Waals surface area contributed by atoms with Crippen LogP contribution in [0, 0.1) is 22.7 Å². The molecule has 4 aromatic carbocycles. The SMILES string of the molecule is N#Cc1cc(-c2ccc3c4c5ccccc5c(-c5ccnc(C#N)c5)cc4n(-c4ccccc4)c3c2)ccn1. The van der Waals surface area contributed by atoms with Gasteiger partial charge in [-0.3, -0.25) is 0 Å². The molecule has 0 spiro atoms. The number of para-hydroxylation sites is 1. The monoisotopic (exact) mass is 497 g/mol. The molecule has 0 aliphatic carbocycles. The van der Waals surface area contributed by atoms with Gasteiger partial charge in [-0.05, 0) is 81.6 Å². The summed E-state index contributed by atoms with van der Waals surface area (Å²) >= 11 is 0. The third-order valence-electron chi connectivity index (χ3n) is 7.18. The maximum absolute atomic E-state index is 9.50. The Hall–Kier alpha value is -5.78. The average molecular weight is 498 g/mol. The van der Waals surface area contributed by atoms with Crippen LogP contribution in [0.5, 0.6) is 0 Å². The molecule has 0 unspecified atom stereocenters. The number of nitriles is 2. The first-order chi connectivity index (χ1) is 19.2. The van der Waals surface area contributed by atoms with Crippen LogP contribution in [-0.2, 0) is 0 Å². The normalized spacial score (nSPS) is 11.0. The van der Waals surface area contributed by atoms with Gasteiger partial charge in [-0.25, -0.2) is 9.97 Å². The van der Waals surface area contributed by atoms with Crippen molar-refractivity contribution in [3.05, 3.63) is 127 Å². The molecule has 0 saturated carbocycles. The summed E-state index contributed by atoms with van der Waals surface area (Å²) in [6.45, 7) is 0. The van der Waals surface area contributed by atoms with Crippen LogP contribution < -0.4 is 0 Å². The quantitative estimate of drug-likeness (QED) is 0.249. The number of hydrogen-bond donors (Lipinski definition) is 0. The molecule has 0 amide bonds. The molecule has 5 heteroatoms. The predicted octanol–water partition coefficient (Wildman–Crippen LogP) is 7.80. The number of hydrogen-bond acceptors (Lipinski definition) is 4. The minimum Gasteiger partial charge on any atom is -0.309 e. The van der Waals surface area contributed by atoms with Crippen molar-refractivity contribution in [2.24, 2.45) is 0 Å². The van der Waals surface area contributed by atoms with Gasteiger partial charge in [0.2, 0.25) is 0 Å². The van der Waals surface area contributed by atoms with E-state index in [0.29, 0.717) is 11.4 Å². The molecule has 0 N–H and O–H groups in total. The zero-order valence-corrected chi connectivity index (χ0v) is 20.7. The maximum atomic E-state index is 9.50. The lowest BCUT2D eigenvalue weighted by Gasteiger charge is -2.12. The lowest BCUT2D eigenvalue weighted by molar-refractivity contribution is 1.18. The van der Waals surface area contributed by atoms with Crippen LogP contribution >= 0.6 is 0 Å². The summed E-state index contributed by atoms with van der Waals surface area (Å²) in [5.74, 6) is 0. The van der Waals surface area contributed by atoms with E-state index in [1.54, 1.807) is 12.4 Å². The van der Waals surface area contributed by atoms with Gasteiger partial charge < -0.3 is 4.57 Å². The fourth-order valence-electron chi connectivity index (χ4n) is 5.48. The minimum atomic E-state index is 0.388. The summed E-state index contributed by atoms with van der Waals surface area (Å²) in [5.41, 5.74) is 7.92. The highest BCUT2D eigenvalue weighted by Crippen LogP contribution is 2.42. The second-order valence-electron chi connectivity index (χ2n) is 9.35. The third-order valence-corrected chi connectivity index (χ3v) is 7.18. The summed E-state index contributed by atoms with van der Waals surface area (Å²) in [4.78, 5) is 8.33. The topological polar surface area (TPSA) is 78.3 Å². The molecule has 0 bridgehead atoms. The van der Waals surface area contributed by atoms with Gasteiger partial charge in [-0.2, -0.15) is 10.5 Å². The molecule has 5 nitrogen and oxygen atoms in total. The van der Waals surface area contributed by atoms with Crippen LogP contribution in [0.15, 0.2) is 116 Å². The van der Waals surface area contributed by atoms with Crippen LogP contribution in [0.2, 0.25) is 0 Å². The Morgan fingerprint density at radius 2 is 1.18 bits per heavy atom. The average Bonchev–Trinajstić information content (AvgIpc) is 3.34. The Balaban J connectivity index is 1.63. The van der Waals surface area contributed by atoms with Gasteiger partial charge in [-0.15, -0.1) is 0 Å². The molecule has 0 fully saturated rings. The van der Waals surface area contributed by atoms with E-state index in [1.807, 2.05) is 42.5 Å². The second kappa shape index (κ2) is 8.95. The minimum absolute atomic E-state index is 0.388. The summed E-state index contributed by atoms with van der Waals surface area (Å²) in [5, 5.41) is 23.4. The first-order valence-corrected chi connectivity index (χ1v) is 12.5. The van der Waals surface area contributed by atoms with Crippen LogP contribution in [0.4, 0.5) is 0 Å². The van der Waals surface area contributed by atoms with E-state index in [9.17, 15) is 10.5 Å². The van der Waals surface area contributed by atoms with E-state index in [4.69, 9.17) is 0 Å². The molecule has 7 aromatic rings. The highest BCUT2D eigenvalue weighted by atomic mass is 15.0. The number of nitrogens with zero attached hydrogens (tertiary/aromatic N) is 5. The number of aromatic nitrogens is 3. The molecule has 0 radical (unpaired) electrons. The van der Waals surface area contributed by atoms with Gasteiger partial charge >= 0.3 is 0 Å².